The van der Waals surface area contributed by atoms with Crippen molar-refractivity contribution in [3.05, 3.63) is 0 Å². The molecule has 0 bridgehead atoms. The van der Waals surface area contributed by atoms with Crippen LogP contribution in [0.15, 0.2) is 0 Å². The molecule has 54 valence electrons. The Morgan fingerprint density at radius 1 is 1.22 bits per heavy atom. The zero-order valence-corrected chi connectivity index (χ0v) is 8.78. The second kappa shape index (κ2) is 3.38. The van der Waals surface area contributed by atoms with Gasteiger partial charge in [-0.2, -0.15) is 0 Å². The van der Waals surface area contributed by atoms with Gasteiger partial charge in [0.1, 0.15) is 0 Å². The number of hydrogen-bond donors (Lipinski definition) is 0. The van der Waals surface area contributed by atoms with Crippen molar-refractivity contribution in [3.63, 3.8) is 0 Å². The van der Waals surface area contributed by atoms with Crippen molar-refractivity contribution in [1.82, 2.24) is 0 Å². The first-order chi connectivity index (χ1) is 4.22. The van der Waals surface area contributed by atoms with Crippen LogP contribution in [0, 0.1) is 5.92 Å². The van der Waals surface area contributed by atoms with Gasteiger partial charge in [0.25, 0.3) is 0 Å². The molecule has 0 unspecified atom stereocenters. The van der Waals surface area contributed by atoms with Gasteiger partial charge in [-0.15, -0.1) is 0 Å². The van der Waals surface area contributed by atoms with E-state index in [0.29, 0.717) is 9.65 Å². The first-order valence-electron chi connectivity index (χ1n) is 3.50. The minimum Gasteiger partial charge on any atom is -0.0878 e. The Morgan fingerprint density at radius 2 is 1.89 bits per heavy atom. The zero-order chi connectivity index (χ0) is 6.85. The van der Waals surface area contributed by atoms with Crippen LogP contribution in [0.5, 0.6) is 0 Å². The summed E-state index contributed by atoms with van der Waals surface area (Å²) >= 11 is 7.32. The predicted molar refractivity (Wildman–Crippen MR) is 48.4 cm³/mol. The SMILES string of the molecule is C[C@@H]1CCC[C@H](Br)[C@@H]1Br. The molecule has 0 saturated heterocycles. The van der Waals surface area contributed by atoms with Crippen molar-refractivity contribution >= 4 is 31.9 Å². The molecule has 1 aliphatic carbocycles. The number of halogens is 2. The second-order valence-corrected chi connectivity index (χ2v) is 5.10. The highest BCUT2D eigenvalue weighted by Crippen LogP contribution is 2.33. The first kappa shape index (κ1) is 8.06. The first-order valence-corrected chi connectivity index (χ1v) is 5.33. The Bertz CT molecular complexity index is 82.9. The van der Waals surface area contributed by atoms with Crippen LogP contribution in [0.2, 0.25) is 0 Å². The summed E-state index contributed by atoms with van der Waals surface area (Å²) in [7, 11) is 0. The fourth-order valence-corrected chi connectivity index (χ4v) is 2.68. The molecule has 2 heteroatoms. The number of hydrogen-bond acceptors (Lipinski definition) is 0. The third-order valence-corrected chi connectivity index (χ3v) is 5.31. The van der Waals surface area contributed by atoms with E-state index < -0.39 is 0 Å². The molecule has 0 heterocycles. The van der Waals surface area contributed by atoms with Gasteiger partial charge in [0.05, 0.1) is 0 Å². The van der Waals surface area contributed by atoms with Crippen LogP contribution in [-0.2, 0) is 0 Å². The molecule has 0 aromatic rings. The van der Waals surface area contributed by atoms with Gasteiger partial charge in [-0.25, -0.2) is 0 Å². The van der Waals surface area contributed by atoms with E-state index in [-0.39, 0.29) is 0 Å². The largest absolute Gasteiger partial charge is 0.0878 e. The summed E-state index contributed by atoms with van der Waals surface area (Å²) in [5.74, 6) is 0.850. The molecule has 0 N–H and O–H groups in total. The smallest absolute Gasteiger partial charge is 0.0296 e. The maximum Gasteiger partial charge on any atom is 0.0296 e. The molecule has 0 aromatic heterocycles. The third-order valence-electron chi connectivity index (χ3n) is 2.03. The summed E-state index contributed by atoms with van der Waals surface area (Å²) in [6.07, 6.45) is 4.11. The predicted octanol–water partition coefficient (Wildman–Crippen LogP) is 3.33. The van der Waals surface area contributed by atoms with Crippen molar-refractivity contribution in [1.29, 1.82) is 0 Å². The molecule has 1 aliphatic rings. The number of alkyl halides is 2. The van der Waals surface area contributed by atoms with Crippen LogP contribution in [0.4, 0.5) is 0 Å². The Balaban J connectivity index is 2.41. The molecule has 1 saturated carbocycles. The van der Waals surface area contributed by atoms with Crippen LogP contribution in [-0.4, -0.2) is 9.65 Å². The second-order valence-electron chi connectivity index (χ2n) is 2.87. The van der Waals surface area contributed by atoms with Gasteiger partial charge in [0.2, 0.25) is 0 Å². The van der Waals surface area contributed by atoms with Crippen LogP contribution in [0.1, 0.15) is 26.2 Å². The van der Waals surface area contributed by atoms with E-state index in [9.17, 15) is 0 Å². The van der Waals surface area contributed by atoms with E-state index in [1.54, 1.807) is 0 Å². The molecular formula is C7H12Br2. The van der Waals surface area contributed by atoms with Crippen molar-refractivity contribution in [3.8, 4) is 0 Å². The molecular weight excluding hydrogens is 244 g/mol. The van der Waals surface area contributed by atoms with E-state index in [1.807, 2.05) is 0 Å². The van der Waals surface area contributed by atoms with E-state index in [4.69, 9.17) is 0 Å². The highest BCUT2D eigenvalue weighted by atomic mass is 79.9. The van der Waals surface area contributed by atoms with Gasteiger partial charge in [-0.05, 0) is 18.8 Å². The standard InChI is InChI=1S/C7H12Br2/c1-5-3-2-4-6(8)7(5)9/h5-7H,2-4H2,1H3/t5-,6+,7-/m1/s1. The van der Waals surface area contributed by atoms with E-state index in [1.165, 1.54) is 19.3 Å². The summed E-state index contributed by atoms with van der Waals surface area (Å²) in [6, 6.07) is 0. The van der Waals surface area contributed by atoms with Crippen molar-refractivity contribution in [2.75, 3.05) is 0 Å². The van der Waals surface area contributed by atoms with Gasteiger partial charge in [0, 0.05) is 9.65 Å². The summed E-state index contributed by atoms with van der Waals surface area (Å²) in [5.41, 5.74) is 0. The van der Waals surface area contributed by atoms with Crippen LogP contribution < -0.4 is 0 Å². The highest BCUT2D eigenvalue weighted by Gasteiger charge is 2.25. The minimum absolute atomic E-state index is 0.700. The lowest BCUT2D eigenvalue weighted by atomic mass is 9.91. The lowest BCUT2D eigenvalue weighted by molar-refractivity contribution is 0.415. The number of rotatable bonds is 0. The third kappa shape index (κ3) is 1.94. The topological polar surface area (TPSA) is 0 Å². The van der Waals surface area contributed by atoms with Gasteiger partial charge in [0.15, 0.2) is 0 Å². The molecule has 1 fully saturated rings. The molecule has 0 spiro atoms. The average molecular weight is 256 g/mol. The maximum atomic E-state index is 3.67. The Morgan fingerprint density at radius 3 is 2.33 bits per heavy atom. The van der Waals surface area contributed by atoms with Crippen LogP contribution in [0.25, 0.3) is 0 Å². The normalized spacial score (nSPS) is 45.0. The minimum atomic E-state index is 0.700. The summed E-state index contributed by atoms with van der Waals surface area (Å²) in [4.78, 5) is 1.41. The van der Waals surface area contributed by atoms with Gasteiger partial charge in [-0.3, -0.25) is 0 Å². The Kier molecular flexibility index (Phi) is 3.03. The van der Waals surface area contributed by atoms with Gasteiger partial charge >= 0.3 is 0 Å². The molecule has 0 nitrogen and oxygen atoms in total. The molecule has 3 atom stereocenters. The molecule has 0 amide bonds. The molecule has 9 heavy (non-hydrogen) atoms. The molecule has 0 aliphatic heterocycles. The quantitative estimate of drug-likeness (QED) is 0.583. The summed E-state index contributed by atoms with van der Waals surface area (Å²) in [6.45, 7) is 2.31. The zero-order valence-electron chi connectivity index (χ0n) is 5.61. The maximum absolute atomic E-state index is 3.67. The average Bonchev–Trinajstić information content (AvgIpc) is 1.83. The lowest BCUT2D eigenvalue weighted by Gasteiger charge is -2.28. The van der Waals surface area contributed by atoms with Gasteiger partial charge in [-0.1, -0.05) is 45.2 Å². The Hall–Kier alpha value is 0.960. The molecule has 0 aromatic carbocycles. The van der Waals surface area contributed by atoms with Crippen LogP contribution in [0.3, 0.4) is 0 Å². The van der Waals surface area contributed by atoms with Crippen molar-refractivity contribution in [2.45, 2.75) is 35.8 Å². The monoisotopic (exact) mass is 254 g/mol. The fraction of sp³-hybridized carbons (Fsp3) is 1.00. The van der Waals surface area contributed by atoms with E-state index in [2.05, 4.69) is 38.8 Å². The molecule has 0 radical (unpaired) electrons. The Labute approximate surface area is 73.7 Å². The van der Waals surface area contributed by atoms with Crippen molar-refractivity contribution < 1.29 is 0 Å². The van der Waals surface area contributed by atoms with Crippen LogP contribution >= 0.6 is 31.9 Å². The van der Waals surface area contributed by atoms with E-state index in [0.717, 1.165) is 5.92 Å². The summed E-state index contributed by atoms with van der Waals surface area (Å²) in [5, 5.41) is 0. The van der Waals surface area contributed by atoms with E-state index >= 15 is 0 Å². The molecule has 1 rings (SSSR count). The lowest BCUT2D eigenvalue weighted by Crippen LogP contribution is -2.26. The van der Waals surface area contributed by atoms with Crippen molar-refractivity contribution in [2.24, 2.45) is 5.92 Å². The highest BCUT2D eigenvalue weighted by molar-refractivity contribution is 9.12. The summed E-state index contributed by atoms with van der Waals surface area (Å²) < 4.78 is 0. The fourth-order valence-electron chi connectivity index (χ4n) is 1.31. The van der Waals surface area contributed by atoms with Gasteiger partial charge < -0.3 is 0 Å².